The molecule has 5 nitrogen and oxygen atoms in total. The zero-order valence-electron chi connectivity index (χ0n) is 12.8. The van der Waals surface area contributed by atoms with Gasteiger partial charge in [-0.1, -0.05) is 6.92 Å². The van der Waals surface area contributed by atoms with E-state index in [1.807, 2.05) is 20.8 Å². The Morgan fingerprint density at radius 2 is 1.86 bits per heavy atom. The maximum Gasteiger partial charge on any atom is 0.246 e. The minimum Gasteiger partial charge on any atom is -0.324 e. The molecule has 0 atom stereocenters. The predicted molar refractivity (Wildman–Crippen MR) is 94.1 cm³/mol. The molecular weight excluding hydrogens is 393 g/mol. The number of amides is 1. The number of ketones is 1. The van der Waals surface area contributed by atoms with Crippen molar-refractivity contribution in [2.75, 3.05) is 5.32 Å². The predicted octanol–water partition coefficient (Wildman–Crippen LogP) is 3.34. The van der Waals surface area contributed by atoms with Crippen molar-refractivity contribution in [3.8, 4) is 0 Å². The number of nitrogens with one attached hydrogen (secondary N) is 1. The SMILES string of the molecule is CCC(=O)c1ccc(NC(=O)Cn2nc(C)c(I)c2C)cc1. The van der Waals surface area contributed by atoms with Crippen LogP contribution in [0.25, 0.3) is 0 Å². The summed E-state index contributed by atoms with van der Waals surface area (Å²) in [5, 5.41) is 7.16. The Morgan fingerprint density at radius 3 is 2.36 bits per heavy atom. The molecule has 22 heavy (non-hydrogen) atoms. The number of halogens is 1. The second-order valence-corrected chi connectivity index (χ2v) is 6.12. The summed E-state index contributed by atoms with van der Waals surface area (Å²) in [5.41, 5.74) is 3.24. The van der Waals surface area contributed by atoms with Gasteiger partial charge in [-0.25, -0.2) is 0 Å². The Bertz CT molecular complexity index is 705. The minimum absolute atomic E-state index is 0.0927. The fourth-order valence-electron chi connectivity index (χ4n) is 2.11. The Kier molecular flexibility index (Phi) is 5.33. The number of carbonyl (C=O) groups excluding carboxylic acids is 2. The fourth-order valence-corrected chi connectivity index (χ4v) is 2.50. The van der Waals surface area contributed by atoms with Crippen LogP contribution >= 0.6 is 22.6 Å². The summed E-state index contributed by atoms with van der Waals surface area (Å²) in [7, 11) is 0. The topological polar surface area (TPSA) is 64.0 Å². The van der Waals surface area contributed by atoms with E-state index in [4.69, 9.17) is 0 Å². The molecule has 116 valence electrons. The van der Waals surface area contributed by atoms with Gasteiger partial charge < -0.3 is 5.32 Å². The van der Waals surface area contributed by atoms with Gasteiger partial charge >= 0.3 is 0 Å². The van der Waals surface area contributed by atoms with Gasteiger partial charge in [0.2, 0.25) is 5.91 Å². The van der Waals surface area contributed by atoms with Crippen LogP contribution in [-0.2, 0) is 11.3 Å². The number of carbonyl (C=O) groups is 2. The molecule has 0 aliphatic heterocycles. The van der Waals surface area contributed by atoms with Crippen LogP contribution in [0.3, 0.4) is 0 Å². The molecule has 0 saturated heterocycles. The van der Waals surface area contributed by atoms with Crippen LogP contribution in [0.1, 0.15) is 35.1 Å². The first kappa shape index (κ1) is 16.7. The van der Waals surface area contributed by atoms with Crippen molar-refractivity contribution in [3.63, 3.8) is 0 Å². The van der Waals surface area contributed by atoms with Crippen molar-refractivity contribution < 1.29 is 9.59 Å². The smallest absolute Gasteiger partial charge is 0.246 e. The number of anilines is 1. The number of rotatable bonds is 5. The Morgan fingerprint density at radius 1 is 1.23 bits per heavy atom. The van der Waals surface area contributed by atoms with E-state index in [-0.39, 0.29) is 18.2 Å². The van der Waals surface area contributed by atoms with Crippen LogP contribution in [0, 0.1) is 17.4 Å². The van der Waals surface area contributed by atoms with Crippen LogP contribution in [0.2, 0.25) is 0 Å². The largest absolute Gasteiger partial charge is 0.324 e. The first-order valence-corrected chi connectivity index (χ1v) is 8.13. The van der Waals surface area contributed by atoms with E-state index < -0.39 is 0 Å². The average molecular weight is 411 g/mol. The Balaban J connectivity index is 2.03. The number of hydrogen-bond donors (Lipinski definition) is 1. The molecule has 0 spiro atoms. The van der Waals surface area contributed by atoms with E-state index in [1.165, 1.54) is 0 Å². The van der Waals surface area contributed by atoms with Gasteiger partial charge in [-0.05, 0) is 60.7 Å². The molecule has 1 heterocycles. The van der Waals surface area contributed by atoms with Crippen molar-refractivity contribution in [2.24, 2.45) is 0 Å². The lowest BCUT2D eigenvalue weighted by Gasteiger charge is -2.07. The first-order valence-electron chi connectivity index (χ1n) is 7.05. The summed E-state index contributed by atoms with van der Waals surface area (Å²) in [5.74, 6) is -0.0494. The van der Waals surface area contributed by atoms with Crippen LogP contribution in [-0.4, -0.2) is 21.5 Å². The van der Waals surface area contributed by atoms with Crippen molar-refractivity contribution in [3.05, 3.63) is 44.8 Å². The summed E-state index contributed by atoms with van der Waals surface area (Å²) >= 11 is 2.23. The molecule has 1 N–H and O–H groups in total. The monoisotopic (exact) mass is 411 g/mol. The molecule has 0 aliphatic rings. The molecule has 2 rings (SSSR count). The standard InChI is InChI=1S/C16H18IN3O2/c1-4-14(21)12-5-7-13(8-6-12)18-15(22)9-20-11(3)16(17)10(2)19-20/h5-8H,4,9H2,1-3H3,(H,18,22). The van der Waals surface area contributed by atoms with E-state index in [2.05, 4.69) is 33.0 Å². The molecule has 1 aromatic carbocycles. The Hall–Kier alpha value is -1.70. The molecule has 0 bridgehead atoms. The van der Waals surface area contributed by atoms with E-state index in [1.54, 1.807) is 28.9 Å². The summed E-state index contributed by atoms with van der Waals surface area (Å²) in [4.78, 5) is 23.6. The second kappa shape index (κ2) is 7.04. The number of hydrogen-bond acceptors (Lipinski definition) is 3. The van der Waals surface area contributed by atoms with E-state index in [0.717, 1.165) is 15.0 Å². The Labute approximate surface area is 143 Å². The summed E-state index contributed by atoms with van der Waals surface area (Å²) in [6.07, 6.45) is 0.474. The highest BCUT2D eigenvalue weighted by Crippen LogP contribution is 2.16. The molecular formula is C16H18IN3O2. The lowest BCUT2D eigenvalue weighted by Crippen LogP contribution is -2.20. The van der Waals surface area contributed by atoms with Crippen molar-refractivity contribution in [1.82, 2.24) is 9.78 Å². The van der Waals surface area contributed by atoms with Crippen molar-refractivity contribution in [1.29, 1.82) is 0 Å². The van der Waals surface area contributed by atoms with Crippen molar-refractivity contribution >= 4 is 40.0 Å². The van der Waals surface area contributed by atoms with E-state index in [9.17, 15) is 9.59 Å². The molecule has 0 unspecified atom stereocenters. The van der Waals surface area contributed by atoms with Gasteiger partial charge in [0.25, 0.3) is 0 Å². The summed E-state index contributed by atoms with van der Waals surface area (Å²) in [6.45, 7) is 5.87. The van der Waals surface area contributed by atoms with Gasteiger partial charge in [-0.2, -0.15) is 5.10 Å². The maximum absolute atomic E-state index is 12.1. The first-order chi connectivity index (χ1) is 10.4. The molecule has 2 aromatic rings. The molecule has 1 aromatic heterocycles. The molecule has 0 radical (unpaired) electrons. The molecule has 0 saturated carbocycles. The highest BCUT2D eigenvalue weighted by Gasteiger charge is 2.12. The number of aryl methyl sites for hydroxylation is 1. The highest BCUT2D eigenvalue weighted by molar-refractivity contribution is 14.1. The molecule has 0 fully saturated rings. The van der Waals surface area contributed by atoms with Gasteiger partial charge in [-0.15, -0.1) is 0 Å². The zero-order valence-corrected chi connectivity index (χ0v) is 15.0. The number of aromatic nitrogens is 2. The van der Waals surface area contributed by atoms with Crippen LogP contribution in [0.4, 0.5) is 5.69 Å². The third kappa shape index (κ3) is 3.73. The highest BCUT2D eigenvalue weighted by atomic mass is 127. The van der Waals surface area contributed by atoms with E-state index >= 15 is 0 Å². The van der Waals surface area contributed by atoms with Gasteiger partial charge in [0.15, 0.2) is 5.78 Å². The number of Topliss-reactive ketones (excluding diaryl/α,β-unsaturated/α-hetero) is 1. The molecule has 6 heteroatoms. The van der Waals surface area contributed by atoms with Crippen LogP contribution in [0.15, 0.2) is 24.3 Å². The quantitative estimate of drug-likeness (QED) is 0.607. The second-order valence-electron chi connectivity index (χ2n) is 5.04. The van der Waals surface area contributed by atoms with Gasteiger partial charge in [0.1, 0.15) is 6.54 Å². The van der Waals surface area contributed by atoms with Gasteiger partial charge in [0, 0.05) is 23.4 Å². The van der Waals surface area contributed by atoms with E-state index in [0.29, 0.717) is 17.7 Å². The average Bonchev–Trinajstić information content (AvgIpc) is 2.74. The van der Waals surface area contributed by atoms with Crippen molar-refractivity contribution in [2.45, 2.75) is 33.7 Å². The molecule has 1 amide bonds. The molecule has 0 aliphatic carbocycles. The number of nitrogens with zero attached hydrogens (tertiary/aromatic N) is 2. The van der Waals surface area contributed by atoms with Gasteiger partial charge in [-0.3, -0.25) is 14.3 Å². The summed E-state index contributed by atoms with van der Waals surface area (Å²) in [6, 6.07) is 6.94. The number of benzene rings is 1. The third-order valence-electron chi connectivity index (χ3n) is 3.40. The fraction of sp³-hybridized carbons (Fsp3) is 0.312. The lowest BCUT2D eigenvalue weighted by molar-refractivity contribution is -0.116. The van der Waals surface area contributed by atoms with Crippen LogP contribution in [0.5, 0.6) is 0 Å². The minimum atomic E-state index is -0.142. The summed E-state index contributed by atoms with van der Waals surface area (Å²) < 4.78 is 2.77. The zero-order chi connectivity index (χ0) is 16.3. The van der Waals surface area contributed by atoms with Gasteiger partial charge in [0.05, 0.1) is 9.26 Å². The normalized spacial score (nSPS) is 10.5. The lowest BCUT2D eigenvalue weighted by atomic mass is 10.1. The maximum atomic E-state index is 12.1. The third-order valence-corrected chi connectivity index (χ3v) is 4.96. The van der Waals surface area contributed by atoms with Crippen LogP contribution < -0.4 is 5.32 Å².